The maximum atomic E-state index is 14.3. The molecule has 2 rings (SSSR count). The molecule has 0 radical (unpaired) electrons. The van der Waals surface area contributed by atoms with Crippen LogP contribution in [-0.2, 0) is 6.42 Å². The van der Waals surface area contributed by atoms with Gasteiger partial charge in [-0.2, -0.15) is 0 Å². The Morgan fingerprint density at radius 3 is 2.62 bits per heavy atom. The lowest BCUT2D eigenvalue weighted by atomic mass is 9.98. The van der Waals surface area contributed by atoms with Crippen LogP contribution in [-0.4, -0.2) is 20.4 Å². The standard InChI is InChI=1S/C17H20FNOS/c1-19-14(13-8-4-5-10-16(13)21-3)11-12-7-6-9-15(20-2)17(12)18/h4-10,14,19H,11H2,1-3H3. The number of rotatable bonds is 6. The average molecular weight is 305 g/mol. The summed E-state index contributed by atoms with van der Waals surface area (Å²) >= 11 is 1.70. The first-order valence-electron chi connectivity index (χ1n) is 6.82. The summed E-state index contributed by atoms with van der Waals surface area (Å²) in [5, 5.41) is 3.29. The molecule has 0 spiro atoms. The summed E-state index contributed by atoms with van der Waals surface area (Å²) in [4.78, 5) is 1.21. The van der Waals surface area contributed by atoms with E-state index in [1.807, 2.05) is 31.3 Å². The average Bonchev–Trinajstić information content (AvgIpc) is 2.54. The first kappa shape index (κ1) is 15.9. The maximum Gasteiger partial charge on any atom is 0.168 e. The molecule has 4 heteroatoms. The number of hydrogen-bond acceptors (Lipinski definition) is 3. The Kier molecular flexibility index (Phi) is 5.65. The van der Waals surface area contributed by atoms with Gasteiger partial charge in [-0.25, -0.2) is 4.39 Å². The summed E-state index contributed by atoms with van der Waals surface area (Å²) in [5.41, 5.74) is 1.85. The first-order valence-corrected chi connectivity index (χ1v) is 8.05. The van der Waals surface area contributed by atoms with Crippen LogP contribution in [0.2, 0.25) is 0 Å². The molecule has 2 aromatic rings. The SMILES string of the molecule is CNC(Cc1cccc(OC)c1F)c1ccccc1SC. The smallest absolute Gasteiger partial charge is 0.168 e. The van der Waals surface area contributed by atoms with Crippen molar-refractivity contribution in [3.05, 3.63) is 59.4 Å². The van der Waals surface area contributed by atoms with Crippen LogP contribution in [0.4, 0.5) is 4.39 Å². The van der Waals surface area contributed by atoms with Crippen molar-refractivity contribution in [1.82, 2.24) is 5.32 Å². The van der Waals surface area contributed by atoms with Gasteiger partial charge in [0.2, 0.25) is 0 Å². The fourth-order valence-corrected chi connectivity index (χ4v) is 3.07. The van der Waals surface area contributed by atoms with Crippen LogP contribution in [0, 0.1) is 5.82 Å². The van der Waals surface area contributed by atoms with Gasteiger partial charge in [-0.15, -0.1) is 11.8 Å². The van der Waals surface area contributed by atoms with Crippen molar-refractivity contribution in [2.24, 2.45) is 0 Å². The second-order valence-electron chi connectivity index (χ2n) is 4.72. The third kappa shape index (κ3) is 3.57. The monoisotopic (exact) mass is 305 g/mol. The van der Waals surface area contributed by atoms with E-state index >= 15 is 0 Å². The lowest BCUT2D eigenvalue weighted by Crippen LogP contribution is -2.20. The summed E-state index contributed by atoms with van der Waals surface area (Å²) < 4.78 is 19.4. The fraction of sp³-hybridized carbons (Fsp3) is 0.294. The molecule has 21 heavy (non-hydrogen) atoms. The summed E-state index contributed by atoms with van der Waals surface area (Å²) in [7, 11) is 3.39. The van der Waals surface area contributed by atoms with Crippen molar-refractivity contribution in [3.8, 4) is 5.75 Å². The minimum Gasteiger partial charge on any atom is -0.494 e. The lowest BCUT2D eigenvalue weighted by molar-refractivity contribution is 0.383. The summed E-state index contributed by atoms with van der Waals surface area (Å²) in [6.45, 7) is 0. The largest absolute Gasteiger partial charge is 0.494 e. The number of hydrogen-bond donors (Lipinski definition) is 1. The van der Waals surface area contributed by atoms with Crippen LogP contribution in [0.25, 0.3) is 0 Å². The Morgan fingerprint density at radius 1 is 1.19 bits per heavy atom. The van der Waals surface area contributed by atoms with E-state index in [4.69, 9.17) is 4.74 Å². The molecule has 0 aromatic heterocycles. The van der Waals surface area contributed by atoms with Crippen molar-refractivity contribution in [2.45, 2.75) is 17.4 Å². The Bertz CT molecular complexity index is 603. The molecule has 0 bridgehead atoms. The highest BCUT2D eigenvalue weighted by molar-refractivity contribution is 7.98. The van der Waals surface area contributed by atoms with E-state index in [0.29, 0.717) is 17.7 Å². The lowest BCUT2D eigenvalue weighted by Gasteiger charge is -2.20. The topological polar surface area (TPSA) is 21.3 Å². The van der Waals surface area contributed by atoms with Crippen molar-refractivity contribution in [2.75, 3.05) is 20.4 Å². The van der Waals surface area contributed by atoms with Crippen molar-refractivity contribution in [1.29, 1.82) is 0 Å². The molecule has 0 saturated heterocycles. The Hall–Kier alpha value is -1.52. The van der Waals surface area contributed by atoms with E-state index in [2.05, 4.69) is 23.7 Å². The Morgan fingerprint density at radius 2 is 1.95 bits per heavy atom. The minimum atomic E-state index is -0.276. The molecule has 0 amide bonds. The quantitative estimate of drug-likeness (QED) is 0.813. The molecule has 1 unspecified atom stereocenters. The van der Waals surface area contributed by atoms with Crippen LogP contribution < -0.4 is 10.1 Å². The van der Waals surface area contributed by atoms with Crippen LogP contribution in [0.5, 0.6) is 5.75 Å². The van der Waals surface area contributed by atoms with E-state index in [9.17, 15) is 4.39 Å². The number of methoxy groups -OCH3 is 1. The Balaban J connectivity index is 2.31. The second-order valence-corrected chi connectivity index (χ2v) is 5.57. The molecule has 0 aliphatic carbocycles. The Labute approximate surface area is 129 Å². The van der Waals surface area contributed by atoms with Gasteiger partial charge in [-0.3, -0.25) is 0 Å². The van der Waals surface area contributed by atoms with Crippen LogP contribution in [0.3, 0.4) is 0 Å². The molecule has 0 aliphatic heterocycles. The molecule has 1 N–H and O–H groups in total. The number of likely N-dealkylation sites (N-methyl/N-ethyl adjacent to an activating group) is 1. The molecule has 0 heterocycles. The highest BCUT2D eigenvalue weighted by atomic mass is 32.2. The molecule has 2 aromatic carbocycles. The van der Waals surface area contributed by atoms with Gasteiger partial charge in [0.15, 0.2) is 11.6 Å². The van der Waals surface area contributed by atoms with Gasteiger partial charge in [0.25, 0.3) is 0 Å². The van der Waals surface area contributed by atoms with Crippen molar-refractivity contribution >= 4 is 11.8 Å². The normalized spacial score (nSPS) is 12.2. The van der Waals surface area contributed by atoms with E-state index in [1.165, 1.54) is 17.6 Å². The van der Waals surface area contributed by atoms with Gasteiger partial charge in [0, 0.05) is 10.9 Å². The van der Waals surface area contributed by atoms with E-state index < -0.39 is 0 Å². The first-order chi connectivity index (χ1) is 10.2. The van der Waals surface area contributed by atoms with Gasteiger partial charge in [-0.1, -0.05) is 30.3 Å². The third-order valence-corrected chi connectivity index (χ3v) is 4.36. The summed E-state index contributed by atoms with van der Waals surface area (Å²) in [6, 6.07) is 13.6. The second kappa shape index (κ2) is 7.48. The highest BCUT2D eigenvalue weighted by Crippen LogP contribution is 2.30. The molecule has 0 aliphatic rings. The molecule has 0 fully saturated rings. The molecule has 0 saturated carbocycles. The van der Waals surface area contributed by atoms with Crippen molar-refractivity contribution in [3.63, 3.8) is 0 Å². The number of thioether (sulfide) groups is 1. The van der Waals surface area contributed by atoms with Crippen LogP contribution in [0.1, 0.15) is 17.2 Å². The van der Waals surface area contributed by atoms with Gasteiger partial charge in [-0.05, 0) is 43.0 Å². The zero-order valence-electron chi connectivity index (χ0n) is 12.5. The number of ether oxygens (including phenoxy) is 1. The zero-order valence-corrected chi connectivity index (χ0v) is 13.3. The summed E-state index contributed by atoms with van der Waals surface area (Å²) in [5.74, 6) is 0.0161. The number of benzene rings is 2. The maximum absolute atomic E-state index is 14.3. The third-order valence-electron chi connectivity index (χ3n) is 3.55. The number of halogens is 1. The zero-order chi connectivity index (χ0) is 15.2. The predicted octanol–water partition coefficient (Wildman–Crippen LogP) is 4.06. The predicted molar refractivity (Wildman–Crippen MR) is 86.7 cm³/mol. The van der Waals surface area contributed by atoms with Crippen LogP contribution in [0.15, 0.2) is 47.4 Å². The highest BCUT2D eigenvalue weighted by Gasteiger charge is 2.17. The van der Waals surface area contributed by atoms with Gasteiger partial charge >= 0.3 is 0 Å². The van der Waals surface area contributed by atoms with E-state index in [1.54, 1.807) is 17.8 Å². The molecular weight excluding hydrogens is 285 g/mol. The van der Waals surface area contributed by atoms with Gasteiger partial charge in [0.05, 0.1) is 7.11 Å². The molecule has 2 nitrogen and oxygen atoms in total. The van der Waals surface area contributed by atoms with E-state index in [-0.39, 0.29) is 11.9 Å². The van der Waals surface area contributed by atoms with Gasteiger partial charge < -0.3 is 10.1 Å². The molecule has 112 valence electrons. The molecular formula is C17H20FNOS. The van der Waals surface area contributed by atoms with E-state index in [0.717, 1.165) is 0 Å². The summed E-state index contributed by atoms with van der Waals surface area (Å²) in [6.07, 6.45) is 2.63. The number of nitrogens with one attached hydrogen (secondary N) is 1. The van der Waals surface area contributed by atoms with Crippen molar-refractivity contribution < 1.29 is 9.13 Å². The minimum absolute atomic E-state index is 0.0651. The van der Waals surface area contributed by atoms with Crippen LogP contribution >= 0.6 is 11.8 Å². The molecule has 1 atom stereocenters. The van der Waals surface area contributed by atoms with Gasteiger partial charge in [0.1, 0.15) is 0 Å². The fourth-order valence-electron chi connectivity index (χ4n) is 2.41.